The summed E-state index contributed by atoms with van der Waals surface area (Å²) in [5.74, 6) is 1.32. The fourth-order valence-corrected chi connectivity index (χ4v) is 1.25. The highest BCUT2D eigenvalue weighted by Gasteiger charge is 2.02. The summed E-state index contributed by atoms with van der Waals surface area (Å²) >= 11 is 0. The third kappa shape index (κ3) is 3.01. The Labute approximate surface area is 78.2 Å². The average molecular weight is 180 g/mol. The van der Waals surface area contributed by atoms with Crippen LogP contribution in [0, 0.1) is 5.92 Å². The van der Waals surface area contributed by atoms with Gasteiger partial charge in [0.25, 0.3) is 5.56 Å². The van der Waals surface area contributed by atoms with Crippen LogP contribution < -0.4 is 5.56 Å². The van der Waals surface area contributed by atoms with Gasteiger partial charge in [0.15, 0.2) is 0 Å². The van der Waals surface area contributed by atoms with Gasteiger partial charge in [-0.2, -0.15) is 0 Å². The van der Waals surface area contributed by atoms with Crippen molar-refractivity contribution in [3.63, 3.8) is 0 Å². The summed E-state index contributed by atoms with van der Waals surface area (Å²) in [6.07, 6.45) is 1.65. The second-order valence-electron chi connectivity index (χ2n) is 3.63. The van der Waals surface area contributed by atoms with Crippen molar-refractivity contribution in [3.05, 3.63) is 27.9 Å². The molecule has 0 spiro atoms. The van der Waals surface area contributed by atoms with Gasteiger partial charge in [-0.05, 0) is 12.3 Å². The van der Waals surface area contributed by atoms with Crippen molar-refractivity contribution in [3.8, 4) is 0 Å². The first-order valence-electron chi connectivity index (χ1n) is 4.71. The van der Waals surface area contributed by atoms with E-state index < -0.39 is 0 Å². The Balaban J connectivity index is 2.95. The minimum atomic E-state index is -0.0394. The van der Waals surface area contributed by atoms with Crippen molar-refractivity contribution in [1.29, 1.82) is 0 Å². The van der Waals surface area contributed by atoms with Gasteiger partial charge in [0.1, 0.15) is 5.82 Å². The van der Waals surface area contributed by atoms with E-state index in [1.54, 1.807) is 6.07 Å². The Morgan fingerprint density at radius 3 is 2.77 bits per heavy atom. The largest absolute Gasteiger partial charge is 0.311 e. The molecule has 0 aromatic carbocycles. The second-order valence-corrected chi connectivity index (χ2v) is 3.63. The van der Waals surface area contributed by atoms with E-state index in [1.807, 2.05) is 6.92 Å². The zero-order valence-electron chi connectivity index (χ0n) is 8.42. The first kappa shape index (κ1) is 9.96. The molecule has 0 aliphatic heterocycles. The highest BCUT2D eigenvalue weighted by Crippen LogP contribution is 2.02. The van der Waals surface area contributed by atoms with E-state index >= 15 is 0 Å². The minimum absolute atomic E-state index is 0.0394. The van der Waals surface area contributed by atoms with E-state index in [1.165, 1.54) is 0 Å². The van der Waals surface area contributed by atoms with Crippen molar-refractivity contribution in [2.24, 2.45) is 5.92 Å². The summed E-state index contributed by atoms with van der Waals surface area (Å²) < 4.78 is 0. The molecule has 3 nitrogen and oxygen atoms in total. The minimum Gasteiger partial charge on any atom is -0.311 e. The summed E-state index contributed by atoms with van der Waals surface area (Å²) in [6.45, 7) is 6.22. The number of H-pyrrole nitrogens is 1. The number of aromatic amines is 1. The Kier molecular flexibility index (Phi) is 3.23. The van der Waals surface area contributed by atoms with Crippen molar-refractivity contribution >= 4 is 0 Å². The van der Waals surface area contributed by atoms with Crippen LogP contribution in [0.3, 0.4) is 0 Å². The molecule has 72 valence electrons. The van der Waals surface area contributed by atoms with Crippen molar-refractivity contribution in [2.45, 2.75) is 33.6 Å². The molecule has 13 heavy (non-hydrogen) atoms. The SMILES string of the molecule is CCc1nc(CC(C)C)cc(=O)[nH]1. The second kappa shape index (κ2) is 4.21. The van der Waals surface area contributed by atoms with Crippen LogP contribution in [-0.4, -0.2) is 9.97 Å². The highest BCUT2D eigenvalue weighted by molar-refractivity contribution is 5.03. The van der Waals surface area contributed by atoms with Gasteiger partial charge in [0, 0.05) is 18.2 Å². The molecule has 1 N–H and O–H groups in total. The van der Waals surface area contributed by atoms with E-state index in [9.17, 15) is 4.79 Å². The highest BCUT2D eigenvalue weighted by atomic mass is 16.1. The summed E-state index contributed by atoms with van der Waals surface area (Å²) in [6, 6.07) is 1.58. The van der Waals surface area contributed by atoms with E-state index in [4.69, 9.17) is 0 Å². The number of aromatic nitrogens is 2. The predicted molar refractivity (Wildman–Crippen MR) is 52.8 cm³/mol. The maximum absolute atomic E-state index is 11.2. The average Bonchev–Trinajstić information content (AvgIpc) is 2.01. The molecule has 0 aliphatic carbocycles. The molecule has 1 heterocycles. The van der Waals surface area contributed by atoms with Crippen LogP contribution in [0.1, 0.15) is 32.3 Å². The third-order valence-corrected chi connectivity index (χ3v) is 1.80. The number of hydrogen-bond acceptors (Lipinski definition) is 2. The lowest BCUT2D eigenvalue weighted by Gasteiger charge is -2.04. The fourth-order valence-electron chi connectivity index (χ4n) is 1.25. The van der Waals surface area contributed by atoms with Crippen LogP contribution in [0.25, 0.3) is 0 Å². The zero-order chi connectivity index (χ0) is 9.84. The molecule has 0 atom stereocenters. The molecular formula is C10H16N2O. The van der Waals surface area contributed by atoms with Crippen LogP contribution in [0.15, 0.2) is 10.9 Å². The Bertz CT molecular complexity index is 328. The summed E-state index contributed by atoms with van der Waals surface area (Å²) in [5, 5.41) is 0. The molecule has 0 fully saturated rings. The Morgan fingerprint density at radius 1 is 1.54 bits per heavy atom. The van der Waals surface area contributed by atoms with Crippen molar-refractivity contribution < 1.29 is 0 Å². The monoisotopic (exact) mass is 180 g/mol. The first-order valence-corrected chi connectivity index (χ1v) is 4.71. The fraction of sp³-hybridized carbons (Fsp3) is 0.600. The van der Waals surface area contributed by atoms with Crippen LogP contribution >= 0.6 is 0 Å². The Hall–Kier alpha value is -1.12. The van der Waals surface area contributed by atoms with Crippen LogP contribution in [-0.2, 0) is 12.8 Å². The van der Waals surface area contributed by atoms with Gasteiger partial charge in [-0.15, -0.1) is 0 Å². The summed E-state index contributed by atoms with van der Waals surface area (Å²) in [7, 11) is 0. The van der Waals surface area contributed by atoms with E-state index in [2.05, 4.69) is 23.8 Å². The molecule has 0 amide bonds. The van der Waals surface area contributed by atoms with Crippen LogP contribution in [0.2, 0.25) is 0 Å². The first-order chi connectivity index (χ1) is 6.11. The maximum atomic E-state index is 11.2. The van der Waals surface area contributed by atoms with Gasteiger partial charge in [0.2, 0.25) is 0 Å². The third-order valence-electron chi connectivity index (χ3n) is 1.80. The van der Waals surface area contributed by atoms with Gasteiger partial charge in [-0.3, -0.25) is 4.79 Å². The van der Waals surface area contributed by atoms with Gasteiger partial charge in [-0.25, -0.2) is 4.98 Å². The number of nitrogens with zero attached hydrogens (tertiary/aromatic N) is 1. The molecule has 0 bridgehead atoms. The normalized spacial score (nSPS) is 10.8. The molecule has 0 saturated heterocycles. The number of aryl methyl sites for hydroxylation is 1. The van der Waals surface area contributed by atoms with Gasteiger partial charge < -0.3 is 4.98 Å². The van der Waals surface area contributed by atoms with Gasteiger partial charge >= 0.3 is 0 Å². The maximum Gasteiger partial charge on any atom is 0.251 e. The van der Waals surface area contributed by atoms with E-state index in [-0.39, 0.29) is 5.56 Å². The Morgan fingerprint density at radius 2 is 2.23 bits per heavy atom. The van der Waals surface area contributed by atoms with Crippen LogP contribution in [0.5, 0.6) is 0 Å². The molecular weight excluding hydrogens is 164 g/mol. The molecule has 0 radical (unpaired) electrons. The summed E-state index contributed by atoms with van der Waals surface area (Å²) in [5.41, 5.74) is 0.859. The molecule has 0 aliphatic rings. The lowest BCUT2D eigenvalue weighted by molar-refractivity contribution is 0.629. The van der Waals surface area contributed by atoms with Gasteiger partial charge in [0.05, 0.1) is 0 Å². The zero-order valence-corrected chi connectivity index (χ0v) is 8.42. The predicted octanol–water partition coefficient (Wildman–Crippen LogP) is 1.53. The number of rotatable bonds is 3. The number of hydrogen-bond donors (Lipinski definition) is 1. The quantitative estimate of drug-likeness (QED) is 0.766. The van der Waals surface area contributed by atoms with Crippen molar-refractivity contribution in [1.82, 2.24) is 9.97 Å². The molecule has 1 rings (SSSR count). The lowest BCUT2D eigenvalue weighted by Crippen LogP contribution is -2.13. The molecule has 3 heteroatoms. The van der Waals surface area contributed by atoms with Crippen molar-refractivity contribution in [2.75, 3.05) is 0 Å². The van der Waals surface area contributed by atoms with E-state index in [0.29, 0.717) is 5.92 Å². The summed E-state index contributed by atoms with van der Waals surface area (Å²) in [4.78, 5) is 18.2. The smallest absolute Gasteiger partial charge is 0.251 e. The molecule has 0 saturated carbocycles. The van der Waals surface area contributed by atoms with Crippen LogP contribution in [0.4, 0.5) is 0 Å². The standard InChI is InChI=1S/C10H16N2O/c1-4-9-11-8(5-7(2)3)6-10(13)12-9/h6-7H,4-5H2,1-3H3,(H,11,12,13). The lowest BCUT2D eigenvalue weighted by atomic mass is 10.1. The molecule has 0 unspecified atom stereocenters. The molecule has 1 aromatic rings. The van der Waals surface area contributed by atoms with E-state index in [0.717, 1.165) is 24.4 Å². The van der Waals surface area contributed by atoms with Gasteiger partial charge in [-0.1, -0.05) is 20.8 Å². The number of nitrogens with one attached hydrogen (secondary N) is 1. The molecule has 1 aromatic heterocycles. The topological polar surface area (TPSA) is 45.8 Å².